The fraction of sp³-hybridized carbons (Fsp3) is 0.455. The fourth-order valence-electron chi connectivity index (χ4n) is 1.85. The van der Waals surface area contributed by atoms with Crippen LogP contribution in [0.4, 0.5) is 0 Å². The molecule has 0 atom stereocenters. The predicted molar refractivity (Wildman–Crippen MR) is 63.1 cm³/mol. The van der Waals surface area contributed by atoms with E-state index in [-0.39, 0.29) is 0 Å². The Balaban J connectivity index is 2.20. The number of hydrogen-bond acceptors (Lipinski definition) is 3. The van der Waals surface area contributed by atoms with Gasteiger partial charge in [0.25, 0.3) is 0 Å². The molecule has 1 aliphatic heterocycles. The van der Waals surface area contributed by atoms with Crippen molar-refractivity contribution in [1.29, 1.82) is 0 Å². The van der Waals surface area contributed by atoms with Gasteiger partial charge in [0.2, 0.25) is 0 Å². The van der Waals surface area contributed by atoms with Crippen LogP contribution in [0.5, 0.6) is 0 Å². The highest BCUT2D eigenvalue weighted by atomic mass is 35.5. The number of fused-ring (bicyclic) bond motifs is 1. The van der Waals surface area contributed by atoms with Gasteiger partial charge in [-0.05, 0) is 31.0 Å². The molecule has 0 spiro atoms. The van der Waals surface area contributed by atoms with Crippen molar-refractivity contribution >= 4 is 17.2 Å². The van der Waals surface area contributed by atoms with Crippen molar-refractivity contribution in [2.24, 2.45) is 0 Å². The van der Waals surface area contributed by atoms with Gasteiger partial charge >= 0.3 is 0 Å². The van der Waals surface area contributed by atoms with E-state index in [9.17, 15) is 0 Å². The van der Waals surface area contributed by atoms with Crippen LogP contribution in [-0.4, -0.2) is 27.7 Å². The molecular formula is C11H13ClN4. The van der Waals surface area contributed by atoms with Gasteiger partial charge in [-0.3, -0.25) is 0 Å². The summed E-state index contributed by atoms with van der Waals surface area (Å²) in [5.74, 6) is 1.34. The average molecular weight is 237 g/mol. The zero-order chi connectivity index (χ0) is 11.3. The van der Waals surface area contributed by atoms with Crippen LogP contribution in [-0.2, 0) is 0 Å². The van der Waals surface area contributed by atoms with Gasteiger partial charge in [-0.2, -0.15) is 0 Å². The number of nitrogens with zero attached hydrogens (tertiary/aromatic N) is 3. The molecule has 2 aromatic heterocycles. The third-order valence-electron chi connectivity index (χ3n) is 3.23. The Morgan fingerprint density at radius 1 is 1.44 bits per heavy atom. The second kappa shape index (κ2) is 3.43. The van der Waals surface area contributed by atoms with Gasteiger partial charge in [0, 0.05) is 19.0 Å². The van der Waals surface area contributed by atoms with Crippen LogP contribution in [0, 0.1) is 13.8 Å². The van der Waals surface area contributed by atoms with Gasteiger partial charge in [0.05, 0.1) is 0 Å². The third-order valence-corrected chi connectivity index (χ3v) is 3.67. The number of halogens is 1. The van der Waals surface area contributed by atoms with Crippen molar-refractivity contribution in [3.8, 4) is 0 Å². The molecule has 5 heteroatoms. The van der Waals surface area contributed by atoms with E-state index >= 15 is 0 Å². The van der Waals surface area contributed by atoms with E-state index in [2.05, 4.69) is 15.4 Å². The van der Waals surface area contributed by atoms with Crippen LogP contribution in [0.3, 0.4) is 0 Å². The lowest BCUT2D eigenvalue weighted by molar-refractivity contribution is 0.430. The highest BCUT2D eigenvalue weighted by molar-refractivity contribution is 6.30. The van der Waals surface area contributed by atoms with Crippen LogP contribution in [0.25, 0.3) is 5.65 Å². The molecule has 1 fully saturated rings. The summed E-state index contributed by atoms with van der Waals surface area (Å²) >= 11 is 6.26. The molecule has 0 radical (unpaired) electrons. The summed E-state index contributed by atoms with van der Waals surface area (Å²) in [4.78, 5) is 4.52. The van der Waals surface area contributed by atoms with E-state index in [0.29, 0.717) is 11.1 Å². The van der Waals surface area contributed by atoms with Crippen molar-refractivity contribution in [1.82, 2.24) is 19.9 Å². The zero-order valence-corrected chi connectivity index (χ0v) is 10.0. The second-order valence-corrected chi connectivity index (χ2v) is 4.70. The molecule has 0 bridgehead atoms. The summed E-state index contributed by atoms with van der Waals surface area (Å²) in [6, 6.07) is 2.03. The molecule has 0 unspecified atom stereocenters. The molecule has 1 aliphatic rings. The molecule has 3 rings (SSSR count). The lowest BCUT2D eigenvalue weighted by Crippen LogP contribution is -2.40. The van der Waals surface area contributed by atoms with Crippen LogP contribution < -0.4 is 5.32 Å². The normalized spacial score (nSPS) is 16.7. The summed E-state index contributed by atoms with van der Waals surface area (Å²) in [5, 5.41) is 8.36. The highest BCUT2D eigenvalue weighted by Crippen LogP contribution is 2.23. The van der Waals surface area contributed by atoms with Gasteiger partial charge in [-0.1, -0.05) is 11.6 Å². The van der Waals surface area contributed by atoms with E-state index < -0.39 is 0 Å². The fourth-order valence-corrected chi connectivity index (χ4v) is 2.12. The number of aromatic nitrogens is 3. The van der Waals surface area contributed by atoms with E-state index in [1.807, 2.05) is 19.9 Å². The number of hydrogen-bond donors (Lipinski definition) is 1. The molecule has 1 N–H and O–H groups in total. The zero-order valence-electron chi connectivity index (χ0n) is 9.29. The Morgan fingerprint density at radius 3 is 2.81 bits per heavy atom. The number of aryl methyl sites for hydroxylation is 1. The van der Waals surface area contributed by atoms with E-state index in [4.69, 9.17) is 11.6 Å². The van der Waals surface area contributed by atoms with Crippen molar-refractivity contribution in [2.75, 3.05) is 13.1 Å². The van der Waals surface area contributed by atoms with E-state index in [0.717, 1.165) is 35.7 Å². The van der Waals surface area contributed by atoms with Crippen LogP contribution in [0.2, 0.25) is 5.15 Å². The lowest BCUT2D eigenvalue weighted by atomic mass is 10.0. The summed E-state index contributed by atoms with van der Waals surface area (Å²) in [6.45, 7) is 5.97. The van der Waals surface area contributed by atoms with Crippen LogP contribution in [0.15, 0.2) is 6.07 Å². The van der Waals surface area contributed by atoms with E-state index in [1.54, 1.807) is 4.52 Å². The summed E-state index contributed by atoms with van der Waals surface area (Å²) < 4.78 is 1.73. The Labute approximate surface area is 98.6 Å². The first-order valence-corrected chi connectivity index (χ1v) is 5.77. The minimum absolute atomic E-state index is 0.441. The van der Waals surface area contributed by atoms with Gasteiger partial charge in [0.1, 0.15) is 5.15 Å². The van der Waals surface area contributed by atoms with Crippen molar-refractivity contribution in [3.05, 3.63) is 28.2 Å². The molecule has 3 heterocycles. The molecule has 2 aromatic rings. The molecule has 16 heavy (non-hydrogen) atoms. The monoisotopic (exact) mass is 236 g/mol. The van der Waals surface area contributed by atoms with Gasteiger partial charge in [-0.15, -0.1) is 5.10 Å². The molecule has 0 amide bonds. The van der Waals surface area contributed by atoms with Crippen LogP contribution in [0.1, 0.15) is 22.9 Å². The Morgan fingerprint density at radius 2 is 2.19 bits per heavy atom. The number of nitrogens with one attached hydrogen (secondary N) is 1. The molecule has 0 aromatic carbocycles. The SMILES string of the molecule is Cc1cc2nc(C3CNC3)nn2c(Cl)c1C. The molecule has 84 valence electrons. The molecule has 1 saturated heterocycles. The second-order valence-electron chi connectivity index (χ2n) is 4.34. The van der Waals surface area contributed by atoms with Crippen molar-refractivity contribution in [3.63, 3.8) is 0 Å². The Hall–Kier alpha value is -1.13. The molecular weight excluding hydrogens is 224 g/mol. The smallest absolute Gasteiger partial charge is 0.157 e. The van der Waals surface area contributed by atoms with Gasteiger partial charge in [0.15, 0.2) is 11.5 Å². The number of pyridine rings is 1. The minimum Gasteiger partial charge on any atom is -0.315 e. The first-order valence-electron chi connectivity index (χ1n) is 5.40. The van der Waals surface area contributed by atoms with Crippen molar-refractivity contribution in [2.45, 2.75) is 19.8 Å². The number of rotatable bonds is 1. The first-order chi connectivity index (χ1) is 7.66. The standard InChI is InChI=1S/C11H13ClN4/c1-6-3-9-14-11(8-4-13-5-8)15-16(9)10(12)7(6)2/h3,8,13H,4-5H2,1-2H3. The van der Waals surface area contributed by atoms with Gasteiger partial charge < -0.3 is 5.32 Å². The largest absolute Gasteiger partial charge is 0.315 e. The van der Waals surface area contributed by atoms with Gasteiger partial charge in [-0.25, -0.2) is 9.50 Å². The topological polar surface area (TPSA) is 42.2 Å². The maximum Gasteiger partial charge on any atom is 0.157 e. The lowest BCUT2D eigenvalue weighted by Gasteiger charge is -2.23. The highest BCUT2D eigenvalue weighted by Gasteiger charge is 2.24. The predicted octanol–water partition coefficient (Wildman–Crippen LogP) is 1.69. The van der Waals surface area contributed by atoms with Crippen molar-refractivity contribution < 1.29 is 0 Å². The summed E-state index contributed by atoms with van der Waals surface area (Å²) in [5.41, 5.74) is 3.07. The first kappa shape index (κ1) is 10.1. The average Bonchev–Trinajstić information content (AvgIpc) is 2.55. The minimum atomic E-state index is 0.441. The molecule has 0 aliphatic carbocycles. The molecule has 4 nitrogen and oxygen atoms in total. The Bertz CT molecular complexity index is 557. The maximum absolute atomic E-state index is 6.26. The summed E-state index contributed by atoms with van der Waals surface area (Å²) in [6.07, 6.45) is 0. The third kappa shape index (κ3) is 1.33. The quantitative estimate of drug-likeness (QED) is 0.767. The Kier molecular flexibility index (Phi) is 2.16. The van der Waals surface area contributed by atoms with Crippen LogP contribution >= 0.6 is 11.6 Å². The van der Waals surface area contributed by atoms with E-state index in [1.165, 1.54) is 0 Å². The maximum atomic E-state index is 6.26. The molecule has 0 saturated carbocycles. The summed E-state index contributed by atoms with van der Waals surface area (Å²) in [7, 11) is 0.